The van der Waals surface area contributed by atoms with Crippen molar-refractivity contribution in [2.24, 2.45) is 0 Å². The molecule has 0 aliphatic carbocycles. The highest BCUT2D eigenvalue weighted by atomic mass is 16.6. The fourth-order valence-corrected chi connectivity index (χ4v) is 1.88. The maximum Gasteiger partial charge on any atom is 0.313 e. The quantitative estimate of drug-likeness (QED) is 0.544. The molecule has 7 heteroatoms. The standard InChI is InChI=1S/C14H9N3O4/c18-14(16-8-2-7-15-16)13-6-5-12(21-13)10-3-1-4-11(9-10)17(19)20/h1-9H. The Balaban J connectivity index is 1.93. The summed E-state index contributed by atoms with van der Waals surface area (Å²) in [6.45, 7) is 0. The van der Waals surface area contributed by atoms with Gasteiger partial charge in [0.05, 0.1) is 4.92 Å². The van der Waals surface area contributed by atoms with Gasteiger partial charge in [0, 0.05) is 30.1 Å². The maximum absolute atomic E-state index is 12.0. The largest absolute Gasteiger partial charge is 0.451 e. The summed E-state index contributed by atoms with van der Waals surface area (Å²) < 4.78 is 6.61. The van der Waals surface area contributed by atoms with Gasteiger partial charge in [-0.1, -0.05) is 12.1 Å². The lowest BCUT2D eigenvalue weighted by molar-refractivity contribution is -0.384. The molecule has 21 heavy (non-hydrogen) atoms. The van der Waals surface area contributed by atoms with Crippen LogP contribution in [0.5, 0.6) is 0 Å². The number of hydrogen-bond acceptors (Lipinski definition) is 5. The highest BCUT2D eigenvalue weighted by molar-refractivity contribution is 5.93. The number of hydrogen-bond donors (Lipinski definition) is 0. The second-order valence-electron chi connectivity index (χ2n) is 4.23. The number of furan rings is 1. The first kappa shape index (κ1) is 12.8. The van der Waals surface area contributed by atoms with E-state index in [1.165, 1.54) is 30.6 Å². The van der Waals surface area contributed by atoms with Crippen LogP contribution < -0.4 is 0 Å². The lowest BCUT2D eigenvalue weighted by Gasteiger charge is -1.98. The van der Waals surface area contributed by atoms with E-state index in [1.807, 2.05) is 0 Å². The number of carbonyl (C=O) groups excluding carboxylic acids is 1. The molecule has 3 aromatic rings. The van der Waals surface area contributed by atoms with Gasteiger partial charge in [-0.3, -0.25) is 14.9 Å². The second kappa shape index (κ2) is 5.04. The average molecular weight is 283 g/mol. The highest BCUT2D eigenvalue weighted by Gasteiger charge is 2.15. The van der Waals surface area contributed by atoms with Gasteiger partial charge in [0.2, 0.25) is 0 Å². The monoisotopic (exact) mass is 283 g/mol. The molecular formula is C14H9N3O4. The van der Waals surface area contributed by atoms with Gasteiger partial charge in [0.25, 0.3) is 5.69 Å². The lowest BCUT2D eigenvalue weighted by Crippen LogP contribution is -2.11. The van der Waals surface area contributed by atoms with Crippen LogP contribution in [0.4, 0.5) is 5.69 Å². The number of rotatable bonds is 3. The van der Waals surface area contributed by atoms with Gasteiger partial charge in [-0.25, -0.2) is 4.68 Å². The van der Waals surface area contributed by atoms with Crippen molar-refractivity contribution in [2.45, 2.75) is 0 Å². The zero-order chi connectivity index (χ0) is 14.8. The molecule has 0 saturated carbocycles. The third kappa shape index (κ3) is 2.44. The Kier molecular flexibility index (Phi) is 3.07. The summed E-state index contributed by atoms with van der Waals surface area (Å²) in [5, 5.41) is 14.6. The van der Waals surface area contributed by atoms with Crippen LogP contribution in [0, 0.1) is 10.1 Å². The Morgan fingerprint density at radius 3 is 2.81 bits per heavy atom. The van der Waals surface area contributed by atoms with E-state index in [4.69, 9.17) is 4.42 Å². The second-order valence-corrected chi connectivity index (χ2v) is 4.23. The summed E-state index contributed by atoms with van der Waals surface area (Å²) in [7, 11) is 0. The van der Waals surface area contributed by atoms with Crippen LogP contribution in [0.3, 0.4) is 0 Å². The molecule has 0 aliphatic heterocycles. The summed E-state index contributed by atoms with van der Waals surface area (Å²) in [6.07, 6.45) is 3.00. The van der Waals surface area contributed by atoms with Gasteiger partial charge in [-0.2, -0.15) is 5.10 Å². The number of nitrogens with zero attached hydrogens (tertiary/aromatic N) is 3. The minimum absolute atomic E-state index is 0.0381. The van der Waals surface area contributed by atoms with Crippen LogP contribution in [0.2, 0.25) is 0 Å². The molecule has 1 aromatic carbocycles. The first-order valence-corrected chi connectivity index (χ1v) is 6.04. The number of nitro groups is 1. The Bertz CT molecular complexity index is 805. The predicted octanol–water partition coefficient (Wildman–Crippen LogP) is 2.74. The fourth-order valence-electron chi connectivity index (χ4n) is 1.88. The molecule has 0 unspecified atom stereocenters. The van der Waals surface area contributed by atoms with Crippen LogP contribution >= 0.6 is 0 Å². The Hall–Kier alpha value is -3.22. The minimum atomic E-state index is -0.484. The molecule has 104 valence electrons. The van der Waals surface area contributed by atoms with Crippen LogP contribution in [0.15, 0.2) is 59.3 Å². The fraction of sp³-hybridized carbons (Fsp3) is 0. The molecule has 2 aromatic heterocycles. The third-order valence-electron chi connectivity index (χ3n) is 2.87. The van der Waals surface area contributed by atoms with Crippen LogP contribution in [0.25, 0.3) is 11.3 Å². The lowest BCUT2D eigenvalue weighted by atomic mass is 10.1. The van der Waals surface area contributed by atoms with Gasteiger partial charge in [-0.05, 0) is 18.2 Å². The zero-order valence-electron chi connectivity index (χ0n) is 10.7. The van der Waals surface area contributed by atoms with Crippen molar-refractivity contribution in [1.29, 1.82) is 0 Å². The highest BCUT2D eigenvalue weighted by Crippen LogP contribution is 2.25. The molecule has 0 bridgehead atoms. The van der Waals surface area contributed by atoms with E-state index < -0.39 is 10.8 Å². The first-order valence-electron chi connectivity index (χ1n) is 6.04. The van der Waals surface area contributed by atoms with Crippen LogP contribution in [-0.2, 0) is 0 Å². The summed E-state index contributed by atoms with van der Waals surface area (Å²) in [6, 6.07) is 10.7. The maximum atomic E-state index is 12.0. The van der Waals surface area contributed by atoms with E-state index in [2.05, 4.69) is 5.10 Å². The normalized spacial score (nSPS) is 10.5. The van der Waals surface area contributed by atoms with Crippen molar-refractivity contribution >= 4 is 11.6 Å². The molecular weight excluding hydrogens is 274 g/mol. The van der Waals surface area contributed by atoms with E-state index in [0.717, 1.165) is 4.68 Å². The number of carbonyl (C=O) groups is 1. The van der Waals surface area contributed by atoms with Crippen molar-refractivity contribution in [3.05, 3.63) is 70.7 Å². The summed E-state index contributed by atoms with van der Waals surface area (Å²) >= 11 is 0. The average Bonchev–Trinajstić information content (AvgIpc) is 3.18. The smallest absolute Gasteiger partial charge is 0.313 e. The van der Waals surface area contributed by atoms with Crippen molar-refractivity contribution < 1.29 is 14.1 Å². The molecule has 0 fully saturated rings. The van der Waals surface area contributed by atoms with Gasteiger partial charge in [0.1, 0.15) is 5.76 Å². The first-order chi connectivity index (χ1) is 10.1. The molecule has 0 spiro atoms. The number of nitro benzene ring substituents is 1. The van der Waals surface area contributed by atoms with Crippen molar-refractivity contribution in [3.8, 4) is 11.3 Å². The van der Waals surface area contributed by atoms with Crippen LogP contribution in [-0.4, -0.2) is 20.6 Å². The van der Waals surface area contributed by atoms with Crippen molar-refractivity contribution in [3.63, 3.8) is 0 Å². The molecule has 7 nitrogen and oxygen atoms in total. The minimum Gasteiger partial charge on any atom is -0.451 e. The third-order valence-corrected chi connectivity index (χ3v) is 2.87. The molecule has 2 heterocycles. The van der Waals surface area contributed by atoms with Gasteiger partial charge in [-0.15, -0.1) is 0 Å². The summed E-state index contributed by atoms with van der Waals surface area (Å²) in [5.41, 5.74) is 0.493. The number of aromatic nitrogens is 2. The number of non-ortho nitro benzene ring substituents is 1. The summed E-state index contributed by atoms with van der Waals surface area (Å²) in [4.78, 5) is 22.3. The Labute approximate surface area is 118 Å². The Morgan fingerprint density at radius 1 is 1.24 bits per heavy atom. The van der Waals surface area contributed by atoms with E-state index in [0.29, 0.717) is 11.3 Å². The molecule has 0 radical (unpaired) electrons. The zero-order valence-corrected chi connectivity index (χ0v) is 10.7. The molecule has 0 saturated heterocycles. The van der Waals surface area contributed by atoms with Crippen molar-refractivity contribution in [1.82, 2.24) is 9.78 Å². The molecule has 3 rings (SSSR count). The predicted molar refractivity (Wildman–Crippen MR) is 72.8 cm³/mol. The SMILES string of the molecule is O=C(c1ccc(-c2cccc([N+](=O)[O-])c2)o1)n1cccn1. The van der Waals surface area contributed by atoms with Gasteiger partial charge >= 0.3 is 5.91 Å². The van der Waals surface area contributed by atoms with Gasteiger partial charge in [0.15, 0.2) is 5.76 Å². The van der Waals surface area contributed by atoms with Gasteiger partial charge < -0.3 is 4.42 Å². The Morgan fingerprint density at radius 2 is 2.10 bits per heavy atom. The van der Waals surface area contributed by atoms with E-state index >= 15 is 0 Å². The van der Waals surface area contributed by atoms with Crippen molar-refractivity contribution in [2.75, 3.05) is 0 Å². The van der Waals surface area contributed by atoms with E-state index in [-0.39, 0.29) is 11.4 Å². The van der Waals surface area contributed by atoms with Crippen LogP contribution in [0.1, 0.15) is 10.6 Å². The molecule has 0 N–H and O–H groups in total. The molecule has 0 amide bonds. The molecule has 0 aliphatic rings. The molecule has 0 atom stereocenters. The van der Waals surface area contributed by atoms with E-state index in [1.54, 1.807) is 24.3 Å². The summed E-state index contributed by atoms with van der Waals surface area (Å²) in [5.74, 6) is 0.0890. The van der Waals surface area contributed by atoms with E-state index in [9.17, 15) is 14.9 Å². The topological polar surface area (TPSA) is 91.2 Å². The number of benzene rings is 1.